The topological polar surface area (TPSA) is 18.5 Å². The van der Waals surface area contributed by atoms with E-state index in [-0.39, 0.29) is 0 Å². The van der Waals surface area contributed by atoms with Crippen LogP contribution in [0.15, 0.2) is 0 Å². The van der Waals surface area contributed by atoms with Crippen molar-refractivity contribution in [3.8, 4) is 0 Å². The van der Waals surface area contributed by atoms with Gasteiger partial charge in [0, 0.05) is 37.8 Å². The highest BCUT2D eigenvalue weighted by Gasteiger charge is 2.32. The predicted molar refractivity (Wildman–Crippen MR) is 82.6 cm³/mol. The Hall–Kier alpha value is -0.120. The van der Waals surface area contributed by atoms with Crippen molar-refractivity contribution in [2.75, 3.05) is 33.2 Å². The first kappa shape index (κ1) is 15.3. The molecule has 3 unspecified atom stereocenters. The van der Waals surface area contributed by atoms with E-state index in [2.05, 4.69) is 36.0 Å². The van der Waals surface area contributed by atoms with Crippen LogP contribution in [0.25, 0.3) is 0 Å². The van der Waals surface area contributed by atoms with Crippen molar-refractivity contribution in [2.24, 2.45) is 0 Å². The average molecular weight is 267 g/mol. The number of nitrogens with zero attached hydrogens (tertiary/aromatic N) is 2. The Morgan fingerprint density at radius 3 is 2.63 bits per heavy atom. The molecular formula is C16H33N3. The van der Waals surface area contributed by atoms with Crippen LogP contribution in [0.4, 0.5) is 0 Å². The minimum Gasteiger partial charge on any atom is -0.312 e. The molecule has 0 radical (unpaired) electrons. The number of hydrogen-bond acceptors (Lipinski definition) is 3. The SMILES string of the molecule is CCCNC1CCCCCC1N1CCN(C)C(C)C1. The van der Waals surface area contributed by atoms with Gasteiger partial charge < -0.3 is 10.2 Å². The summed E-state index contributed by atoms with van der Waals surface area (Å²) in [5.74, 6) is 0. The fourth-order valence-corrected chi connectivity index (χ4v) is 3.67. The van der Waals surface area contributed by atoms with Gasteiger partial charge in [-0.3, -0.25) is 4.90 Å². The molecule has 0 spiro atoms. The summed E-state index contributed by atoms with van der Waals surface area (Å²) in [7, 11) is 2.27. The number of likely N-dealkylation sites (N-methyl/N-ethyl adjacent to an activating group) is 1. The van der Waals surface area contributed by atoms with E-state index < -0.39 is 0 Å². The molecule has 112 valence electrons. The standard InChI is InChI=1S/C16H33N3/c1-4-10-17-15-8-6-5-7-9-16(15)19-12-11-18(3)14(2)13-19/h14-17H,4-13H2,1-3H3. The molecule has 1 heterocycles. The molecule has 2 aliphatic rings. The summed E-state index contributed by atoms with van der Waals surface area (Å²) < 4.78 is 0. The van der Waals surface area contributed by atoms with Gasteiger partial charge in [-0.25, -0.2) is 0 Å². The lowest BCUT2D eigenvalue weighted by molar-refractivity contribution is 0.0539. The van der Waals surface area contributed by atoms with Gasteiger partial charge in [0.1, 0.15) is 0 Å². The van der Waals surface area contributed by atoms with Gasteiger partial charge in [-0.1, -0.05) is 26.2 Å². The van der Waals surface area contributed by atoms with Crippen LogP contribution >= 0.6 is 0 Å². The number of nitrogens with one attached hydrogen (secondary N) is 1. The van der Waals surface area contributed by atoms with Gasteiger partial charge in [-0.15, -0.1) is 0 Å². The predicted octanol–water partition coefficient (Wildman–Crippen LogP) is 2.32. The lowest BCUT2D eigenvalue weighted by atomic mass is 9.99. The zero-order chi connectivity index (χ0) is 13.7. The zero-order valence-corrected chi connectivity index (χ0v) is 13.2. The van der Waals surface area contributed by atoms with E-state index in [0.29, 0.717) is 6.04 Å². The molecule has 1 saturated carbocycles. The number of hydrogen-bond donors (Lipinski definition) is 1. The Balaban J connectivity index is 1.96. The van der Waals surface area contributed by atoms with Gasteiger partial charge in [0.2, 0.25) is 0 Å². The highest BCUT2D eigenvalue weighted by atomic mass is 15.3. The Labute approximate surface area is 119 Å². The molecule has 3 atom stereocenters. The fourth-order valence-electron chi connectivity index (χ4n) is 3.67. The maximum absolute atomic E-state index is 3.83. The van der Waals surface area contributed by atoms with Crippen LogP contribution in [0.1, 0.15) is 52.4 Å². The largest absolute Gasteiger partial charge is 0.312 e. The first-order chi connectivity index (χ1) is 9.22. The van der Waals surface area contributed by atoms with E-state index in [9.17, 15) is 0 Å². The average Bonchev–Trinajstić information content (AvgIpc) is 2.65. The second-order valence-corrected chi connectivity index (χ2v) is 6.59. The van der Waals surface area contributed by atoms with Crippen molar-refractivity contribution < 1.29 is 0 Å². The molecule has 3 heteroatoms. The van der Waals surface area contributed by atoms with Crippen molar-refractivity contribution in [1.82, 2.24) is 15.1 Å². The summed E-state index contributed by atoms with van der Waals surface area (Å²) in [5.41, 5.74) is 0. The molecular weight excluding hydrogens is 234 g/mol. The molecule has 0 bridgehead atoms. The molecule has 3 nitrogen and oxygen atoms in total. The van der Waals surface area contributed by atoms with E-state index >= 15 is 0 Å². The summed E-state index contributed by atoms with van der Waals surface area (Å²) in [6.07, 6.45) is 8.31. The van der Waals surface area contributed by atoms with Crippen molar-refractivity contribution in [3.63, 3.8) is 0 Å². The van der Waals surface area contributed by atoms with E-state index in [1.165, 1.54) is 64.7 Å². The van der Waals surface area contributed by atoms with Crippen molar-refractivity contribution in [1.29, 1.82) is 0 Å². The fraction of sp³-hybridized carbons (Fsp3) is 1.00. The summed E-state index contributed by atoms with van der Waals surface area (Å²) in [6.45, 7) is 9.58. The normalized spacial score (nSPS) is 35.2. The van der Waals surface area contributed by atoms with Crippen LogP contribution in [0.3, 0.4) is 0 Å². The third-order valence-corrected chi connectivity index (χ3v) is 5.10. The third-order valence-electron chi connectivity index (χ3n) is 5.10. The van der Waals surface area contributed by atoms with Crippen LogP contribution in [0.2, 0.25) is 0 Å². The molecule has 0 aromatic rings. The van der Waals surface area contributed by atoms with Gasteiger partial charge in [0.25, 0.3) is 0 Å². The Morgan fingerprint density at radius 1 is 1.11 bits per heavy atom. The first-order valence-corrected chi connectivity index (χ1v) is 8.40. The van der Waals surface area contributed by atoms with Crippen molar-refractivity contribution >= 4 is 0 Å². The Morgan fingerprint density at radius 2 is 1.89 bits per heavy atom. The van der Waals surface area contributed by atoms with Crippen LogP contribution in [0.5, 0.6) is 0 Å². The van der Waals surface area contributed by atoms with E-state index in [0.717, 1.165) is 12.1 Å². The van der Waals surface area contributed by atoms with E-state index in [4.69, 9.17) is 0 Å². The van der Waals surface area contributed by atoms with Crippen LogP contribution in [0, 0.1) is 0 Å². The highest BCUT2D eigenvalue weighted by molar-refractivity contribution is 4.90. The van der Waals surface area contributed by atoms with Gasteiger partial charge in [0.05, 0.1) is 0 Å². The molecule has 0 aromatic carbocycles. The summed E-state index contributed by atoms with van der Waals surface area (Å²) >= 11 is 0. The summed E-state index contributed by atoms with van der Waals surface area (Å²) in [5, 5.41) is 3.83. The highest BCUT2D eigenvalue weighted by Crippen LogP contribution is 2.24. The van der Waals surface area contributed by atoms with Gasteiger partial charge in [0.15, 0.2) is 0 Å². The molecule has 1 saturated heterocycles. The van der Waals surface area contributed by atoms with Crippen LogP contribution < -0.4 is 5.32 Å². The quantitative estimate of drug-likeness (QED) is 0.789. The summed E-state index contributed by atoms with van der Waals surface area (Å²) in [6, 6.07) is 2.23. The van der Waals surface area contributed by atoms with Gasteiger partial charge in [-0.2, -0.15) is 0 Å². The van der Waals surface area contributed by atoms with Crippen molar-refractivity contribution in [2.45, 2.75) is 70.5 Å². The molecule has 1 aliphatic carbocycles. The lowest BCUT2D eigenvalue weighted by Crippen LogP contribution is -2.58. The van der Waals surface area contributed by atoms with Crippen molar-refractivity contribution in [3.05, 3.63) is 0 Å². The molecule has 0 aromatic heterocycles. The number of piperazine rings is 1. The first-order valence-electron chi connectivity index (χ1n) is 8.40. The Kier molecular flexibility index (Phi) is 6.11. The third kappa shape index (κ3) is 4.17. The maximum Gasteiger partial charge on any atom is 0.0250 e. The number of rotatable bonds is 4. The molecule has 0 amide bonds. The maximum atomic E-state index is 3.83. The molecule has 1 N–H and O–H groups in total. The minimum atomic E-state index is 0.712. The van der Waals surface area contributed by atoms with Gasteiger partial charge in [-0.05, 0) is 39.8 Å². The van der Waals surface area contributed by atoms with E-state index in [1.54, 1.807) is 0 Å². The molecule has 1 aliphatic heterocycles. The molecule has 2 fully saturated rings. The van der Waals surface area contributed by atoms with Crippen LogP contribution in [-0.4, -0.2) is 61.2 Å². The molecule has 19 heavy (non-hydrogen) atoms. The minimum absolute atomic E-state index is 0.712. The smallest absolute Gasteiger partial charge is 0.0250 e. The van der Waals surface area contributed by atoms with Crippen LogP contribution in [-0.2, 0) is 0 Å². The zero-order valence-electron chi connectivity index (χ0n) is 13.2. The van der Waals surface area contributed by atoms with E-state index in [1.807, 2.05) is 0 Å². The summed E-state index contributed by atoms with van der Waals surface area (Å²) in [4.78, 5) is 5.28. The second kappa shape index (κ2) is 7.61. The monoisotopic (exact) mass is 267 g/mol. The second-order valence-electron chi connectivity index (χ2n) is 6.59. The molecule has 2 rings (SSSR count). The van der Waals surface area contributed by atoms with Gasteiger partial charge >= 0.3 is 0 Å². The lowest BCUT2D eigenvalue weighted by Gasteiger charge is -2.44. The Bertz CT molecular complexity index is 256.